The zero-order chi connectivity index (χ0) is 15.0. The molecule has 0 aliphatic rings. The summed E-state index contributed by atoms with van der Waals surface area (Å²) >= 11 is 3.12. The first kappa shape index (κ1) is 15.8. The SMILES string of the molecule is O=C(O)c1cc(CBr)cnc1C(=O)O.c1ccncc1. The summed E-state index contributed by atoms with van der Waals surface area (Å²) in [6.07, 6.45) is 4.82. The van der Waals surface area contributed by atoms with E-state index >= 15 is 0 Å². The van der Waals surface area contributed by atoms with Crippen molar-refractivity contribution in [3.8, 4) is 0 Å². The van der Waals surface area contributed by atoms with Crippen molar-refractivity contribution >= 4 is 27.9 Å². The maximum Gasteiger partial charge on any atom is 0.355 e. The number of halogens is 1. The number of aromatic nitrogens is 2. The van der Waals surface area contributed by atoms with Crippen LogP contribution < -0.4 is 0 Å². The van der Waals surface area contributed by atoms with Gasteiger partial charge in [-0.05, 0) is 23.8 Å². The number of pyridine rings is 2. The zero-order valence-electron chi connectivity index (χ0n) is 10.2. The van der Waals surface area contributed by atoms with Crippen LogP contribution >= 0.6 is 15.9 Å². The predicted molar refractivity (Wildman–Crippen MR) is 75.0 cm³/mol. The van der Waals surface area contributed by atoms with Crippen LogP contribution in [-0.2, 0) is 5.33 Å². The third-order valence-electron chi connectivity index (χ3n) is 2.10. The molecule has 2 heterocycles. The fourth-order valence-electron chi connectivity index (χ4n) is 1.23. The number of aromatic carboxylic acids is 2. The molecule has 0 amide bonds. The molecule has 2 N–H and O–H groups in total. The number of rotatable bonds is 3. The van der Waals surface area contributed by atoms with E-state index in [1.807, 2.05) is 18.2 Å². The molecule has 2 aromatic heterocycles. The Hall–Kier alpha value is -2.28. The Morgan fingerprint density at radius 1 is 1.10 bits per heavy atom. The van der Waals surface area contributed by atoms with Crippen molar-refractivity contribution in [2.75, 3.05) is 0 Å². The first-order valence-corrected chi connectivity index (χ1v) is 6.55. The van der Waals surface area contributed by atoms with Gasteiger partial charge in [0, 0.05) is 23.9 Å². The van der Waals surface area contributed by atoms with Crippen LogP contribution in [0.1, 0.15) is 26.4 Å². The second-order valence-corrected chi connectivity index (χ2v) is 4.07. The highest BCUT2D eigenvalue weighted by Crippen LogP contribution is 2.11. The number of hydrogen-bond donors (Lipinski definition) is 2. The fraction of sp³-hybridized carbons (Fsp3) is 0.0769. The van der Waals surface area contributed by atoms with Crippen molar-refractivity contribution in [2.24, 2.45) is 0 Å². The molecule has 20 heavy (non-hydrogen) atoms. The van der Waals surface area contributed by atoms with E-state index in [2.05, 4.69) is 25.9 Å². The van der Waals surface area contributed by atoms with E-state index in [0.717, 1.165) is 0 Å². The Kier molecular flexibility index (Phi) is 6.31. The summed E-state index contributed by atoms with van der Waals surface area (Å²) in [5, 5.41) is 17.8. The molecule has 0 atom stereocenters. The smallest absolute Gasteiger partial charge is 0.355 e. The van der Waals surface area contributed by atoms with Gasteiger partial charge in [-0.1, -0.05) is 22.0 Å². The van der Waals surface area contributed by atoms with Crippen LogP contribution in [0.5, 0.6) is 0 Å². The van der Waals surface area contributed by atoms with E-state index < -0.39 is 17.6 Å². The molecule has 0 aliphatic heterocycles. The van der Waals surface area contributed by atoms with Gasteiger partial charge in [0.05, 0.1) is 5.56 Å². The molecule has 0 saturated heterocycles. The number of carbonyl (C=O) groups is 2. The monoisotopic (exact) mass is 338 g/mol. The van der Waals surface area contributed by atoms with E-state index in [1.54, 1.807) is 12.4 Å². The molecule has 0 unspecified atom stereocenters. The number of nitrogens with zero attached hydrogens (tertiary/aromatic N) is 2. The van der Waals surface area contributed by atoms with Crippen LogP contribution in [0.4, 0.5) is 0 Å². The van der Waals surface area contributed by atoms with Crippen LogP contribution in [0.25, 0.3) is 0 Å². The van der Waals surface area contributed by atoms with Crippen molar-refractivity contribution < 1.29 is 19.8 Å². The molecule has 0 fully saturated rings. The number of hydrogen-bond acceptors (Lipinski definition) is 4. The molecule has 0 aliphatic carbocycles. The molecule has 2 rings (SSSR count). The maximum absolute atomic E-state index is 10.7. The van der Waals surface area contributed by atoms with Gasteiger partial charge in [0.1, 0.15) is 0 Å². The predicted octanol–water partition coefficient (Wildman–Crippen LogP) is 2.45. The van der Waals surface area contributed by atoms with Crippen molar-refractivity contribution in [1.82, 2.24) is 9.97 Å². The van der Waals surface area contributed by atoms with E-state index in [9.17, 15) is 9.59 Å². The highest BCUT2D eigenvalue weighted by atomic mass is 79.9. The Balaban J connectivity index is 0.000000276. The standard InChI is InChI=1S/C8H6BrNO4.C5H5N/c9-2-4-1-5(7(11)12)6(8(13)14)10-3-4;1-2-4-6-5-3-1/h1,3H,2H2,(H,11,12)(H,13,14);1-5H. The van der Waals surface area contributed by atoms with Gasteiger partial charge in [-0.25, -0.2) is 14.6 Å². The molecule has 0 bridgehead atoms. The lowest BCUT2D eigenvalue weighted by Gasteiger charge is -2.01. The molecule has 104 valence electrons. The van der Waals surface area contributed by atoms with Crippen LogP contribution in [0, 0.1) is 0 Å². The Morgan fingerprint density at radius 2 is 1.75 bits per heavy atom. The summed E-state index contributed by atoms with van der Waals surface area (Å²) in [5.74, 6) is -2.64. The first-order valence-electron chi connectivity index (χ1n) is 5.42. The molecule has 0 spiro atoms. The Labute approximate surface area is 123 Å². The summed E-state index contributed by atoms with van der Waals surface area (Å²) < 4.78 is 0. The highest BCUT2D eigenvalue weighted by molar-refractivity contribution is 9.08. The van der Waals surface area contributed by atoms with Gasteiger partial charge in [-0.3, -0.25) is 4.98 Å². The largest absolute Gasteiger partial charge is 0.478 e. The Morgan fingerprint density at radius 3 is 2.10 bits per heavy atom. The van der Waals surface area contributed by atoms with Crippen LogP contribution in [-0.4, -0.2) is 32.1 Å². The number of carboxylic acids is 2. The van der Waals surface area contributed by atoms with Crippen molar-refractivity contribution in [3.05, 3.63) is 59.7 Å². The third-order valence-corrected chi connectivity index (χ3v) is 2.75. The normalized spacial score (nSPS) is 9.25. The second-order valence-electron chi connectivity index (χ2n) is 3.51. The third kappa shape index (κ3) is 4.77. The summed E-state index contributed by atoms with van der Waals surface area (Å²) in [7, 11) is 0. The van der Waals surface area contributed by atoms with Crippen molar-refractivity contribution in [1.29, 1.82) is 0 Å². The van der Waals surface area contributed by atoms with E-state index in [-0.39, 0.29) is 5.56 Å². The molecule has 6 nitrogen and oxygen atoms in total. The minimum absolute atomic E-state index is 0.297. The lowest BCUT2D eigenvalue weighted by atomic mass is 10.1. The van der Waals surface area contributed by atoms with Crippen molar-refractivity contribution in [2.45, 2.75) is 5.33 Å². The van der Waals surface area contributed by atoms with Gasteiger partial charge >= 0.3 is 11.9 Å². The van der Waals surface area contributed by atoms with Crippen LogP contribution in [0.3, 0.4) is 0 Å². The number of carboxylic acid groups (broad SMARTS) is 2. The highest BCUT2D eigenvalue weighted by Gasteiger charge is 2.17. The maximum atomic E-state index is 10.7. The van der Waals surface area contributed by atoms with Gasteiger partial charge in [-0.2, -0.15) is 0 Å². The summed E-state index contributed by atoms with van der Waals surface area (Å²) in [6.45, 7) is 0. The topological polar surface area (TPSA) is 100 Å². The summed E-state index contributed by atoms with van der Waals surface area (Å²) in [4.78, 5) is 28.6. The van der Waals surface area contributed by atoms with Gasteiger partial charge in [0.25, 0.3) is 0 Å². The molecule has 7 heteroatoms. The quantitative estimate of drug-likeness (QED) is 0.833. The van der Waals surface area contributed by atoms with Crippen LogP contribution in [0.2, 0.25) is 0 Å². The molecule has 2 aromatic rings. The zero-order valence-corrected chi connectivity index (χ0v) is 11.8. The average molecular weight is 339 g/mol. The molecule has 0 aromatic carbocycles. The number of alkyl halides is 1. The molecular weight excluding hydrogens is 328 g/mol. The first-order chi connectivity index (χ1) is 9.56. The molecule has 0 radical (unpaired) electrons. The summed E-state index contributed by atoms with van der Waals surface area (Å²) in [5.41, 5.74) is -0.121. The second kappa shape index (κ2) is 8.00. The van der Waals surface area contributed by atoms with Gasteiger partial charge in [-0.15, -0.1) is 0 Å². The molecule has 0 saturated carbocycles. The minimum Gasteiger partial charge on any atom is -0.478 e. The Bertz CT molecular complexity index is 563. The van der Waals surface area contributed by atoms with Crippen LogP contribution in [0.15, 0.2) is 42.9 Å². The van der Waals surface area contributed by atoms with Gasteiger partial charge < -0.3 is 10.2 Å². The minimum atomic E-state index is -1.34. The lowest BCUT2D eigenvalue weighted by Crippen LogP contribution is -2.10. The molecular formula is C13H11BrN2O4. The van der Waals surface area contributed by atoms with E-state index in [1.165, 1.54) is 12.3 Å². The fourth-order valence-corrected chi connectivity index (χ4v) is 1.53. The van der Waals surface area contributed by atoms with Gasteiger partial charge in [0.15, 0.2) is 5.69 Å². The lowest BCUT2D eigenvalue weighted by molar-refractivity contribution is 0.0646. The van der Waals surface area contributed by atoms with Gasteiger partial charge in [0.2, 0.25) is 0 Å². The van der Waals surface area contributed by atoms with E-state index in [4.69, 9.17) is 10.2 Å². The average Bonchev–Trinajstić information content (AvgIpc) is 2.48. The summed E-state index contributed by atoms with van der Waals surface area (Å²) in [6, 6.07) is 7.00. The van der Waals surface area contributed by atoms with Crippen molar-refractivity contribution in [3.63, 3.8) is 0 Å². The van der Waals surface area contributed by atoms with E-state index in [0.29, 0.717) is 10.9 Å².